The summed E-state index contributed by atoms with van der Waals surface area (Å²) in [5.41, 5.74) is 0.715. The number of aliphatic imine (C=N–C) groups is 1. The minimum absolute atomic E-state index is 0.329. The van der Waals surface area contributed by atoms with Gasteiger partial charge in [-0.05, 0) is 24.4 Å². The maximum Gasteiger partial charge on any atom is 0.340 e. The molecule has 0 aliphatic carbocycles. The van der Waals surface area contributed by atoms with Gasteiger partial charge in [-0.15, -0.1) is 0 Å². The molecule has 0 spiro atoms. The van der Waals surface area contributed by atoms with Crippen LogP contribution in [0, 0.1) is 0 Å². The van der Waals surface area contributed by atoms with Crippen LogP contribution < -0.4 is 4.74 Å². The molecule has 15 heavy (non-hydrogen) atoms. The van der Waals surface area contributed by atoms with E-state index in [1.807, 2.05) is 0 Å². The van der Waals surface area contributed by atoms with E-state index in [0.29, 0.717) is 17.0 Å². The van der Waals surface area contributed by atoms with Crippen LogP contribution in [0.25, 0.3) is 0 Å². The van der Waals surface area contributed by atoms with Gasteiger partial charge in [0, 0.05) is 6.07 Å². The average molecular weight is 223 g/mol. The highest BCUT2D eigenvalue weighted by Gasteiger charge is 2.11. The number of hydrogen-bond donors (Lipinski definition) is 0. The molecule has 78 valence electrons. The molecule has 0 aliphatic rings. The Morgan fingerprint density at radius 3 is 2.73 bits per heavy atom. The molecular weight excluding hydrogens is 214 g/mol. The second-order valence-electron chi connectivity index (χ2n) is 2.58. The van der Waals surface area contributed by atoms with Gasteiger partial charge in [-0.25, -0.2) is 4.79 Å². The highest BCUT2D eigenvalue weighted by atomic mass is 32.1. The summed E-state index contributed by atoms with van der Waals surface area (Å²) in [5, 5.41) is 2.20. The Kier molecular flexibility index (Phi) is 3.97. The molecule has 0 fully saturated rings. The minimum Gasteiger partial charge on any atom is -0.497 e. The molecule has 5 heteroatoms. The van der Waals surface area contributed by atoms with Crippen molar-refractivity contribution in [2.75, 3.05) is 14.2 Å². The number of hydrogen-bond acceptors (Lipinski definition) is 5. The van der Waals surface area contributed by atoms with Crippen LogP contribution >= 0.6 is 12.2 Å². The lowest BCUT2D eigenvalue weighted by Gasteiger charge is -2.04. The van der Waals surface area contributed by atoms with E-state index in [4.69, 9.17) is 4.74 Å². The number of rotatable bonds is 3. The number of nitrogens with zero attached hydrogens (tertiary/aromatic N) is 1. The SMILES string of the molecule is COC(=O)c1ccc(OC)cc1N=C=S. The molecule has 0 saturated heterocycles. The smallest absolute Gasteiger partial charge is 0.340 e. The van der Waals surface area contributed by atoms with Gasteiger partial charge in [0.25, 0.3) is 0 Å². The average Bonchev–Trinajstić information content (AvgIpc) is 2.28. The van der Waals surface area contributed by atoms with Crippen molar-refractivity contribution < 1.29 is 14.3 Å². The quantitative estimate of drug-likeness (QED) is 0.448. The van der Waals surface area contributed by atoms with Gasteiger partial charge < -0.3 is 9.47 Å². The first-order chi connectivity index (χ1) is 7.22. The van der Waals surface area contributed by atoms with Gasteiger partial charge in [-0.3, -0.25) is 0 Å². The summed E-state index contributed by atoms with van der Waals surface area (Å²) in [6.07, 6.45) is 0. The Bertz CT molecular complexity index is 425. The lowest BCUT2D eigenvalue weighted by atomic mass is 10.2. The summed E-state index contributed by atoms with van der Waals surface area (Å²) >= 11 is 4.49. The van der Waals surface area contributed by atoms with E-state index < -0.39 is 5.97 Å². The van der Waals surface area contributed by atoms with Gasteiger partial charge in [-0.2, -0.15) is 4.99 Å². The van der Waals surface area contributed by atoms with Crippen LogP contribution in [-0.2, 0) is 4.74 Å². The van der Waals surface area contributed by atoms with Crippen LogP contribution in [0.3, 0.4) is 0 Å². The summed E-state index contributed by atoms with van der Waals surface area (Å²) in [4.78, 5) is 15.1. The molecule has 1 rings (SSSR count). The number of esters is 1. The molecule has 0 saturated carbocycles. The van der Waals surface area contributed by atoms with Crippen molar-refractivity contribution in [3.63, 3.8) is 0 Å². The standard InChI is InChI=1S/C10H9NO3S/c1-13-7-3-4-8(10(12)14-2)9(5-7)11-6-15/h3-5H,1-2H3. The first-order valence-corrected chi connectivity index (χ1v) is 4.48. The van der Waals surface area contributed by atoms with Gasteiger partial charge in [0.05, 0.1) is 30.6 Å². The number of benzene rings is 1. The van der Waals surface area contributed by atoms with Crippen molar-refractivity contribution in [1.29, 1.82) is 0 Å². The van der Waals surface area contributed by atoms with Crippen LogP contribution in [0.5, 0.6) is 5.75 Å². The van der Waals surface area contributed by atoms with Crippen LogP contribution in [0.2, 0.25) is 0 Å². The fourth-order valence-electron chi connectivity index (χ4n) is 1.06. The summed E-state index contributed by atoms with van der Waals surface area (Å²) in [6, 6.07) is 4.80. The van der Waals surface area contributed by atoms with E-state index in [1.54, 1.807) is 18.2 Å². The van der Waals surface area contributed by atoms with Crippen LogP contribution in [-0.4, -0.2) is 25.4 Å². The van der Waals surface area contributed by atoms with E-state index in [0.717, 1.165) is 0 Å². The maximum atomic E-state index is 11.3. The van der Waals surface area contributed by atoms with Gasteiger partial charge in [-0.1, -0.05) is 0 Å². The molecule has 0 N–H and O–H groups in total. The van der Waals surface area contributed by atoms with Crippen molar-refractivity contribution in [3.05, 3.63) is 23.8 Å². The third-order valence-electron chi connectivity index (χ3n) is 1.78. The third-order valence-corrected chi connectivity index (χ3v) is 1.87. The van der Waals surface area contributed by atoms with Crippen LogP contribution in [0.4, 0.5) is 5.69 Å². The molecule has 0 unspecified atom stereocenters. The first kappa shape index (κ1) is 11.4. The van der Waals surface area contributed by atoms with Crippen LogP contribution in [0.15, 0.2) is 23.2 Å². The zero-order valence-electron chi connectivity index (χ0n) is 8.31. The molecule has 0 bridgehead atoms. The normalized spacial score (nSPS) is 8.93. The first-order valence-electron chi connectivity index (χ1n) is 4.07. The monoisotopic (exact) mass is 223 g/mol. The number of isothiocyanates is 1. The molecule has 0 amide bonds. The topological polar surface area (TPSA) is 47.9 Å². The Morgan fingerprint density at radius 1 is 1.47 bits per heavy atom. The summed E-state index contributed by atoms with van der Waals surface area (Å²) in [7, 11) is 2.83. The molecule has 0 aromatic heterocycles. The maximum absolute atomic E-state index is 11.3. The zero-order chi connectivity index (χ0) is 11.3. The highest BCUT2D eigenvalue weighted by Crippen LogP contribution is 2.25. The molecule has 1 aromatic rings. The fraction of sp³-hybridized carbons (Fsp3) is 0.200. The van der Waals surface area contributed by atoms with Crippen molar-refractivity contribution >= 4 is 29.0 Å². The number of carbonyl (C=O) groups is 1. The molecule has 0 aliphatic heterocycles. The van der Waals surface area contributed by atoms with E-state index in [-0.39, 0.29) is 0 Å². The predicted molar refractivity (Wildman–Crippen MR) is 59.0 cm³/mol. The lowest BCUT2D eigenvalue weighted by molar-refractivity contribution is 0.0601. The molecule has 0 radical (unpaired) electrons. The summed E-state index contributed by atoms with van der Waals surface area (Å²) < 4.78 is 9.59. The predicted octanol–water partition coefficient (Wildman–Crippen LogP) is 2.22. The highest BCUT2D eigenvalue weighted by molar-refractivity contribution is 7.78. The molecule has 4 nitrogen and oxygen atoms in total. The third kappa shape index (κ3) is 2.62. The zero-order valence-corrected chi connectivity index (χ0v) is 9.13. The van der Waals surface area contributed by atoms with E-state index in [2.05, 4.69) is 27.1 Å². The Hall–Kier alpha value is -1.71. The van der Waals surface area contributed by atoms with Gasteiger partial charge in [0.15, 0.2) is 0 Å². The second-order valence-corrected chi connectivity index (χ2v) is 2.76. The number of carbonyl (C=O) groups excluding carboxylic acids is 1. The van der Waals surface area contributed by atoms with Crippen molar-refractivity contribution in [1.82, 2.24) is 0 Å². The Labute approximate surface area is 92.5 Å². The molecule has 0 heterocycles. The van der Waals surface area contributed by atoms with E-state index in [1.165, 1.54) is 14.2 Å². The van der Waals surface area contributed by atoms with Crippen molar-refractivity contribution in [2.24, 2.45) is 4.99 Å². The molecule has 0 atom stereocenters. The molecule has 1 aromatic carbocycles. The minimum atomic E-state index is -0.471. The Balaban J connectivity index is 3.26. The van der Waals surface area contributed by atoms with Crippen LogP contribution in [0.1, 0.15) is 10.4 Å². The number of methoxy groups -OCH3 is 2. The van der Waals surface area contributed by atoms with Crippen molar-refractivity contribution in [2.45, 2.75) is 0 Å². The van der Waals surface area contributed by atoms with Gasteiger partial charge in [0.2, 0.25) is 0 Å². The molecular formula is C10H9NO3S. The van der Waals surface area contributed by atoms with E-state index >= 15 is 0 Å². The van der Waals surface area contributed by atoms with Gasteiger partial charge >= 0.3 is 5.97 Å². The van der Waals surface area contributed by atoms with E-state index in [9.17, 15) is 4.79 Å². The largest absolute Gasteiger partial charge is 0.497 e. The Morgan fingerprint density at radius 2 is 2.20 bits per heavy atom. The lowest BCUT2D eigenvalue weighted by Crippen LogP contribution is -2.01. The number of ether oxygens (including phenoxy) is 2. The summed E-state index contributed by atoms with van der Waals surface area (Å²) in [5.74, 6) is 0.119. The fourth-order valence-corrected chi connectivity index (χ4v) is 1.16. The van der Waals surface area contributed by atoms with Crippen molar-refractivity contribution in [3.8, 4) is 5.75 Å². The second kappa shape index (κ2) is 5.24. The number of thiocarbonyl (C=S) groups is 1. The summed E-state index contributed by atoms with van der Waals surface area (Å²) in [6.45, 7) is 0. The van der Waals surface area contributed by atoms with Gasteiger partial charge in [0.1, 0.15) is 5.75 Å².